The third-order valence-electron chi connectivity index (χ3n) is 3.27. The average Bonchev–Trinajstić information content (AvgIpc) is 3.10. The molecule has 21 heavy (non-hydrogen) atoms. The number of hydrogen-bond donors (Lipinski definition) is 0. The average molecular weight is 383 g/mol. The first kappa shape index (κ1) is 14.3. The zero-order chi connectivity index (χ0) is 14.8. The van der Waals surface area contributed by atoms with Crippen LogP contribution in [0, 0.1) is 6.92 Å². The summed E-state index contributed by atoms with van der Waals surface area (Å²) in [4.78, 5) is 4.70. The summed E-state index contributed by atoms with van der Waals surface area (Å²) in [6.07, 6.45) is 2.94. The molecule has 0 spiro atoms. The van der Waals surface area contributed by atoms with Crippen LogP contribution in [0.2, 0.25) is 0 Å². The normalized spacial score (nSPS) is 10.8. The molecular formula is C15H16InN4O. The van der Waals surface area contributed by atoms with Gasteiger partial charge < -0.3 is 0 Å². The quantitative estimate of drug-likeness (QED) is 0.694. The number of para-hydroxylation sites is 1. The fraction of sp³-hybridized carbons (Fsp3) is 0.200. The van der Waals surface area contributed by atoms with Gasteiger partial charge in [0.2, 0.25) is 0 Å². The minimum atomic E-state index is 0.388. The number of nitrogens with zero attached hydrogens (tertiary/aromatic N) is 4. The Labute approximate surface area is 138 Å². The zero-order valence-corrected chi connectivity index (χ0v) is 16.2. The molecule has 2 aromatic heterocycles. The maximum atomic E-state index is 5.57. The monoisotopic (exact) mass is 383 g/mol. The van der Waals surface area contributed by atoms with Gasteiger partial charge in [-0.1, -0.05) is 0 Å². The molecule has 0 bridgehead atoms. The molecule has 0 saturated heterocycles. The SMILES string of the molecule is CCc1cn(-c2ccccc2)c(-n2nc(C)cc2[O][InH])n1. The molecule has 0 aliphatic rings. The number of aryl methyl sites for hydroxylation is 2. The molecule has 0 unspecified atom stereocenters. The summed E-state index contributed by atoms with van der Waals surface area (Å²) in [6.45, 7) is 4.06. The van der Waals surface area contributed by atoms with Crippen molar-refractivity contribution in [2.75, 3.05) is 0 Å². The molecule has 0 aliphatic heterocycles. The van der Waals surface area contributed by atoms with Crippen molar-refractivity contribution in [3.63, 3.8) is 0 Å². The van der Waals surface area contributed by atoms with E-state index in [2.05, 4.69) is 34.9 Å². The van der Waals surface area contributed by atoms with Gasteiger partial charge >= 0.3 is 139 Å². The minimum absolute atomic E-state index is 0.388. The van der Waals surface area contributed by atoms with Crippen LogP contribution >= 0.6 is 0 Å². The summed E-state index contributed by atoms with van der Waals surface area (Å²) in [5.41, 5.74) is 3.02. The van der Waals surface area contributed by atoms with Gasteiger partial charge in [0, 0.05) is 0 Å². The van der Waals surface area contributed by atoms with Gasteiger partial charge in [0.1, 0.15) is 0 Å². The van der Waals surface area contributed by atoms with E-state index in [9.17, 15) is 0 Å². The Hall–Kier alpha value is -1.69. The number of imidazole rings is 1. The summed E-state index contributed by atoms with van der Waals surface area (Å²) < 4.78 is 9.41. The molecule has 1 aromatic carbocycles. The summed E-state index contributed by atoms with van der Waals surface area (Å²) in [5.74, 6) is 1.52. The van der Waals surface area contributed by atoms with E-state index in [1.165, 1.54) is 0 Å². The van der Waals surface area contributed by atoms with Crippen molar-refractivity contribution in [3.05, 3.63) is 54.0 Å². The fourth-order valence-corrected chi connectivity index (χ4v) is 2.82. The van der Waals surface area contributed by atoms with Gasteiger partial charge in [-0.2, -0.15) is 0 Å². The predicted octanol–water partition coefficient (Wildman–Crippen LogP) is 2.12. The van der Waals surface area contributed by atoms with Gasteiger partial charge in [0.05, 0.1) is 0 Å². The Balaban J connectivity index is 2.20. The van der Waals surface area contributed by atoms with Crippen molar-refractivity contribution < 1.29 is 2.85 Å². The molecule has 1 radical (unpaired) electrons. The zero-order valence-electron chi connectivity index (χ0n) is 12.2. The van der Waals surface area contributed by atoms with Gasteiger partial charge in [-0.05, 0) is 0 Å². The second-order valence-corrected chi connectivity index (χ2v) is 5.60. The van der Waals surface area contributed by atoms with Crippen LogP contribution in [0.3, 0.4) is 0 Å². The van der Waals surface area contributed by atoms with Crippen LogP contribution in [0.5, 0.6) is 5.88 Å². The Kier molecular flexibility index (Phi) is 4.05. The van der Waals surface area contributed by atoms with Crippen LogP contribution in [-0.2, 0) is 6.42 Å². The third-order valence-corrected chi connectivity index (χ3v) is 4.11. The van der Waals surface area contributed by atoms with E-state index in [0.717, 1.165) is 35.3 Å². The molecule has 5 nitrogen and oxygen atoms in total. The number of benzene rings is 1. The third kappa shape index (κ3) is 2.72. The maximum absolute atomic E-state index is 5.57. The van der Waals surface area contributed by atoms with Crippen LogP contribution in [0.1, 0.15) is 18.3 Å². The number of rotatable bonds is 4. The molecule has 0 aliphatic carbocycles. The van der Waals surface area contributed by atoms with Crippen molar-refractivity contribution in [2.24, 2.45) is 0 Å². The Morgan fingerprint density at radius 2 is 2.00 bits per heavy atom. The summed E-state index contributed by atoms with van der Waals surface area (Å²) >= 11 is 0.388. The molecule has 0 N–H and O–H groups in total. The number of aromatic nitrogens is 4. The first-order valence-electron chi connectivity index (χ1n) is 6.85. The van der Waals surface area contributed by atoms with Crippen LogP contribution in [0.15, 0.2) is 42.6 Å². The van der Waals surface area contributed by atoms with Gasteiger partial charge in [-0.25, -0.2) is 0 Å². The molecular weight excluding hydrogens is 367 g/mol. The Morgan fingerprint density at radius 1 is 1.24 bits per heavy atom. The molecule has 2 heterocycles. The second kappa shape index (κ2) is 5.97. The van der Waals surface area contributed by atoms with Crippen LogP contribution in [0.4, 0.5) is 0 Å². The van der Waals surface area contributed by atoms with Crippen molar-refractivity contribution in [3.8, 4) is 17.5 Å². The molecule has 0 amide bonds. The summed E-state index contributed by atoms with van der Waals surface area (Å²) in [7, 11) is 0. The van der Waals surface area contributed by atoms with Crippen LogP contribution in [-0.4, -0.2) is 44.1 Å². The number of hydrogen-bond acceptors (Lipinski definition) is 3. The summed E-state index contributed by atoms with van der Waals surface area (Å²) in [6, 6.07) is 12.1. The van der Waals surface area contributed by atoms with E-state index in [1.807, 2.05) is 31.2 Å². The topological polar surface area (TPSA) is 44.9 Å². The van der Waals surface area contributed by atoms with E-state index in [0.29, 0.717) is 24.8 Å². The predicted molar refractivity (Wildman–Crippen MR) is 82.6 cm³/mol. The molecule has 3 rings (SSSR count). The second-order valence-electron chi connectivity index (χ2n) is 4.77. The van der Waals surface area contributed by atoms with Crippen LogP contribution < -0.4 is 2.85 Å². The standard InChI is InChI=1S/C15H16N4O.In.H/c1-3-12-10-18(13-7-5-4-6-8-13)15(16-12)19-14(20)9-11(2)17-19;;/h4-10,20H,3H2,1-2H3;;/q;+1;/p-1. The van der Waals surface area contributed by atoms with E-state index in [1.54, 1.807) is 4.68 Å². The Bertz CT molecular complexity index is 748. The van der Waals surface area contributed by atoms with Gasteiger partial charge in [0.15, 0.2) is 0 Å². The molecule has 3 aromatic rings. The van der Waals surface area contributed by atoms with Crippen molar-refractivity contribution in [1.82, 2.24) is 19.3 Å². The first-order chi connectivity index (χ1) is 10.2. The van der Waals surface area contributed by atoms with Gasteiger partial charge in [-0.15, -0.1) is 0 Å². The van der Waals surface area contributed by atoms with E-state index in [-0.39, 0.29) is 0 Å². The van der Waals surface area contributed by atoms with Gasteiger partial charge in [-0.3, -0.25) is 0 Å². The Morgan fingerprint density at radius 3 is 2.67 bits per heavy atom. The molecule has 0 fully saturated rings. The van der Waals surface area contributed by atoms with Crippen molar-refractivity contribution in [1.29, 1.82) is 0 Å². The fourth-order valence-electron chi connectivity index (χ4n) is 2.24. The van der Waals surface area contributed by atoms with E-state index in [4.69, 9.17) is 7.84 Å². The van der Waals surface area contributed by atoms with Gasteiger partial charge in [0.25, 0.3) is 0 Å². The van der Waals surface area contributed by atoms with Crippen LogP contribution in [0.25, 0.3) is 11.6 Å². The van der Waals surface area contributed by atoms with E-state index < -0.39 is 0 Å². The molecule has 0 atom stereocenters. The summed E-state index contributed by atoms with van der Waals surface area (Å²) in [5, 5.41) is 4.52. The molecule has 6 heteroatoms. The van der Waals surface area contributed by atoms with E-state index >= 15 is 0 Å². The molecule has 0 saturated carbocycles. The first-order valence-corrected chi connectivity index (χ1v) is 8.50. The van der Waals surface area contributed by atoms with Crippen molar-refractivity contribution in [2.45, 2.75) is 20.3 Å². The molecule has 105 valence electrons. The van der Waals surface area contributed by atoms with Crippen molar-refractivity contribution >= 4 is 24.8 Å².